The van der Waals surface area contributed by atoms with Crippen LogP contribution in [0.15, 0.2) is 29.3 Å². The Morgan fingerprint density at radius 3 is 2.84 bits per heavy atom. The molecular formula is C14H15NO3S. The zero-order chi connectivity index (χ0) is 13.8. The number of rotatable bonds is 4. The molecule has 2 rings (SSSR count). The van der Waals surface area contributed by atoms with Gasteiger partial charge in [0.2, 0.25) is 0 Å². The summed E-state index contributed by atoms with van der Waals surface area (Å²) in [5.41, 5.74) is 1.92. The normalized spacial score (nSPS) is 10.5. The molecule has 0 spiro atoms. The third-order valence-electron chi connectivity index (χ3n) is 2.77. The summed E-state index contributed by atoms with van der Waals surface area (Å²) in [5, 5.41) is 1.85. The summed E-state index contributed by atoms with van der Waals surface area (Å²) in [4.78, 5) is 15.7. The molecule has 1 aromatic heterocycles. The van der Waals surface area contributed by atoms with Crippen LogP contribution in [-0.2, 0) is 9.53 Å². The van der Waals surface area contributed by atoms with Crippen LogP contribution in [0, 0.1) is 6.92 Å². The molecule has 0 atom stereocenters. The number of carbonyl (C=O) groups is 1. The molecule has 0 amide bonds. The molecule has 0 aliphatic heterocycles. The fourth-order valence-electron chi connectivity index (χ4n) is 1.79. The first kappa shape index (κ1) is 13.7. The van der Waals surface area contributed by atoms with Crippen molar-refractivity contribution in [3.05, 3.63) is 29.8 Å². The molecule has 1 heterocycles. The Hall–Kier alpha value is -1.75. The van der Waals surface area contributed by atoms with Crippen molar-refractivity contribution in [3.63, 3.8) is 0 Å². The number of para-hydroxylation sites is 1. The van der Waals surface area contributed by atoms with Gasteiger partial charge >= 0.3 is 5.97 Å². The van der Waals surface area contributed by atoms with Gasteiger partial charge in [0.1, 0.15) is 11.3 Å². The molecule has 0 bridgehead atoms. The van der Waals surface area contributed by atoms with Crippen molar-refractivity contribution >= 4 is 28.6 Å². The van der Waals surface area contributed by atoms with Gasteiger partial charge in [0, 0.05) is 5.39 Å². The van der Waals surface area contributed by atoms with Gasteiger partial charge in [-0.2, -0.15) is 0 Å². The van der Waals surface area contributed by atoms with E-state index in [1.165, 1.54) is 18.9 Å². The van der Waals surface area contributed by atoms with Crippen molar-refractivity contribution in [1.29, 1.82) is 0 Å². The largest absolute Gasteiger partial charge is 0.494 e. The van der Waals surface area contributed by atoms with Gasteiger partial charge in [0.25, 0.3) is 0 Å². The van der Waals surface area contributed by atoms with Crippen LogP contribution in [0.1, 0.15) is 5.56 Å². The van der Waals surface area contributed by atoms with E-state index in [9.17, 15) is 4.79 Å². The molecule has 0 saturated heterocycles. The topological polar surface area (TPSA) is 48.4 Å². The summed E-state index contributed by atoms with van der Waals surface area (Å²) in [5.74, 6) is 0.731. The van der Waals surface area contributed by atoms with Crippen LogP contribution in [-0.4, -0.2) is 30.9 Å². The van der Waals surface area contributed by atoms with E-state index in [1.807, 2.05) is 31.2 Å². The Balaban J connectivity index is 2.39. The van der Waals surface area contributed by atoms with Crippen molar-refractivity contribution in [2.75, 3.05) is 20.0 Å². The van der Waals surface area contributed by atoms with E-state index in [1.54, 1.807) is 7.11 Å². The van der Waals surface area contributed by atoms with Gasteiger partial charge in [-0.15, -0.1) is 0 Å². The molecule has 0 aliphatic rings. The Kier molecular flexibility index (Phi) is 4.27. The van der Waals surface area contributed by atoms with Crippen molar-refractivity contribution in [3.8, 4) is 5.75 Å². The molecule has 4 nitrogen and oxygen atoms in total. The first-order chi connectivity index (χ1) is 9.15. The van der Waals surface area contributed by atoms with E-state index in [-0.39, 0.29) is 11.7 Å². The van der Waals surface area contributed by atoms with Crippen LogP contribution >= 0.6 is 11.8 Å². The smallest absolute Gasteiger partial charge is 0.316 e. The third kappa shape index (κ3) is 2.98. The minimum absolute atomic E-state index is 0.254. The van der Waals surface area contributed by atoms with Crippen molar-refractivity contribution in [2.45, 2.75) is 11.9 Å². The molecular weight excluding hydrogens is 262 g/mol. The number of esters is 1. The van der Waals surface area contributed by atoms with E-state index < -0.39 is 0 Å². The second kappa shape index (κ2) is 5.93. The van der Waals surface area contributed by atoms with Crippen LogP contribution in [0.3, 0.4) is 0 Å². The minimum Gasteiger partial charge on any atom is -0.494 e. The fourth-order valence-corrected chi connectivity index (χ4v) is 2.59. The van der Waals surface area contributed by atoms with Gasteiger partial charge in [-0.3, -0.25) is 4.79 Å². The molecule has 2 aromatic rings. The predicted molar refractivity (Wildman–Crippen MR) is 75.8 cm³/mol. The highest BCUT2D eigenvalue weighted by Gasteiger charge is 2.09. The van der Waals surface area contributed by atoms with Gasteiger partial charge in [-0.05, 0) is 24.6 Å². The summed E-state index contributed by atoms with van der Waals surface area (Å²) in [6.45, 7) is 2.02. The van der Waals surface area contributed by atoms with Crippen molar-refractivity contribution in [1.82, 2.24) is 4.98 Å². The van der Waals surface area contributed by atoms with Gasteiger partial charge in [-0.1, -0.05) is 23.9 Å². The Morgan fingerprint density at radius 2 is 2.16 bits per heavy atom. The molecule has 0 saturated carbocycles. The average molecular weight is 277 g/mol. The number of fused-ring (bicyclic) bond motifs is 1. The summed E-state index contributed by atoms with van der Waals surface area (Å²) in [6.07, 6.45) is 0. The maximum Gasteiger partial charge on any atom is 0.316 e. The van der Waals surface area contributed by atoms with Gasteiger partial charge in [-0.25, -0.2) is 4.98 Å². The van der Waals surface area contributed by atoms with Gasteiger partial charge in [0.05, 0.1) is 25.0 Å². The summed E-state index contributed by atoms with van der Waals surface area (Å²) in [7, 11) is 3.01. The highest BCUT2D eigenvalue weighted by molar-refractivity contribution is 7.99. The fraction of sp³-hybridized carbons (Fsp3) is 0.286. The van der Waals surface area contributed by atoms with Gasteiger partial charge < -0.3 is 9.47 Å². The number of thioether (sulfide) groups is 1. The van der Waals surface area contributed by atoms with Crippen molar-refractivity contribution in [2.24, 2.45) is 0 Å². The van der Waals surface area contributed by atoms with E-state index in [4.69, 9.17) is 4.74 Å². The van der Waals surface area contributed by atoms with Crippen molar-refractivity contribution < 1.29 is 14.3 Å². The summed E-state index contributed by atoms with van der Waals surface area (Å²) < 4.78 is 9.94. The number of aryl methyl sites for hydroxylation is 1. The molecule has 0 fully saturated rings. The standard InChI is InChI=1S/C14H15NO3S/c1-9-7-12(19-8-13(16)18-3)15-14-10(9)5-4-6-11(14)17-2/h4-7H,8H2,1-3H3. The van der Waals surface area contributed by atoms with Crippen LogP contribution in [0.4, 0.5) is 0 Å². The molecule has 1 aromatic carbocycles. The lowest BCUT2D eigenvalue weighted by atomic mass is 10.1. The lowest BCUT2D eigenvalue weighted by Crippen LogP contribution is -2.03. The Bertz CT molecular complexity index is 613. The Labute approximate surface area is 116 Å². The number of hydrogen-bond acceptors (Lipinski definition) is 5. The maximum atomic E-state index is 11.2. The molecule has 19 heavy (non-hydrogen) atoms. The number of carbonyl (C=O) groups excluding carboxylic acids is 1. The summed E-state index contributed by atoms with van der Waals surface area (Å²) in [6, 6.07) is 7.80. The maximum absolute atomic E-state index is 11.2. The number of pyridine rings is 1. The number of benzene rings is 1. The number of aromatic nitrogens is 1. The molecule has 100 valence electrons. The van der Waals surface area contributed by atoms with E-state index in [2.05, 4.69) is 9.72 Å². The first-order valence-corrected chi connectivity index (χ1v) is 6.78. The second-order valence-electron chi connectivity index (χ2n) is 4.00. The SMILES string of the molecule is COC(=O)CSc1cc(C)c2cccc(OC)c2n1. The van der Waals surface area contributed by atoms with Gasteiger partial charge in [0.15, 0.2) is 0 Å². The van der Waals surface area contributed by atoms with E-state index >= 15 is 0 Å². The minimum atomic E-state index is -0.260. The lowest BCUT2D eigenvalue weighted by molar-refractivity contribution is -0.137. The molecule has 0 radical (unpaired) electrons. The van der Waals surface area contributed by atoms with E-state index in [0.29, 0.717) is 0 Å². The first-order valence-electron chi connectivity index (χ1n) is 5.79. The zero-order valence-electron chi connectivity index (χ0n) is 11.1. The highest BCUT2D eigenvalue weighted by atomic mass is 32.2. The van der Waals surface area contributed by atoms with Crippen LogP contribution in [0.2, 0.25) is 0 Å². The van der Waals surface area contributed by atoms with Crippen LogP contribution < -0.4 is 4.74 Å². The van der Waals surface area contributed by atoms with Crippen LogP contribution in [0.25, 0.3) is 10.9 Å². The number of hydrogen-bond donors (Lipinski definition) is 0. The molecule has 0 unspecified atom stereocenters. The monoisotopic (exact) mass is 277 g/mol. The Morgan fingerprint density at radius 1 is 1.37 bits per heavy atom. The average Bonchev–Trinajstić information content (AvgIpc) is 2.44. The zero-order valence-corrected chi connectivity index (χ0v) is 11.9. The molecule has 5 heteroatoms. The molecule has 0 N–H and O–H groups in total. The number of methoxy groups -OCH3 is 2. The number of ether oxygens (including phenoxy) is 2. The molecule has 0 aliphatic carbocycles. The predicted octanol–water partition coefficient (Wildman–Crippen LogP) is 2.82. The lowest BCUT2D eigenvalue weighted by Gasteiger charge is -2.09. The van der Waals surface area contributed by atoms with Crippen LogP contribution in [0.5, 0.6) is 5.75 Å². The second-order valence-corrected chi connectivity index (χ2v) is 4.99. The number of nitrogens with zero attached hydrogens (tertiary/aromatic N) is 1. The highest BCUT2D eigenvalue weighted by Crippen LogP contribution is 2.29. The quantitative estimate of drug-likeness (QED) is 0.635. The third-order valence-corrected chi connectivity index (χ3v) is 3.66. The van der Waals surface area contributed by atoms with E-state index in [0.717, 1.165) is 27.2 Å². The summed E-state index contributed by atoms with van der Waals surface area (Å²) >= 11 is 1.36.